The summed E-state index contributed by atoms with van der Waals surface area (Å²) < 4.78 is 24.7. The first kappa shape index (κ1) is 14.3. The molecule has 0 aromatic heterocycles. The van der Waals surface area contributed by atoms with Crippen molar-refractivity contribution in [3.63, 3.8) is 0 Å². The molecular weight excluding hydrogens is 257 g/mol. The highest BCUT2D eigenvalue weighted by molar-refractivity contribution is 5.43. The van der Waals surface area contributed by atoms with Crippen molar-refractivity contribution in [2.24, 2.45) is 5.73 Å². The molecule has 0 spiro atoms. The zero-order valence-electron chi connectivity index (χ0n) is 11.6. The summed E-state index contributed by atoms with van der Waals surface area (Å²) in [5, 5.41) is 0. The van der Waals surface area contributed by atoms with Gasteiger partial charge >= 0.3 is 0 Å². The zero-order chi connectivity index (χ0) is 14.5. The Kier molecular flexibility index (Phi) is 4.58. The molecule has 0 amide bonds. The van der Waals surface area contributed by atoms with Gasteiger partial charge in [0.05, 0.1) is 7.11 Å². The third-order valence-electron chi connectivity index (χ3n) is 2.84. The van der Waals surface area contributed by atoms with E-state index in [1.165, 1.54) is 6.07 Å². The van der Waals surface area contributed by atoms with Crippen LogP contribution in [0, 0.1) is 5.82 Å². The van der Waals surface area contributed by atoms with E-state index in [1.807, 2.05) is 19.1 Å². The van der Waals surface area contributed by atoms with Gasteiger partial charge in [-0.05, 0) is 43.2 Å². The molecule has 2 rings (SSSR count). The van der Waals surface area contributed by atoms with Crippen LogP contribution in [-0.2, 0) is 6.42 Å². The summed E-state index contributed by atoms with van der Waals surface area (Å²) in [5.74, 6) is 0.803. The second kappa shape index (κ2) is 6.39. The summed E-state index contributed by atoms with van der Waals surface area (Å²) >= 11 is 0. The van der Waals surface area contributed by atoms with Gasteiger partial charge in [0.2, 0.25) is 0 Å². The molecular formula is C16H18FNO2. The number of para-hydroxylation sites is 2. The smallest absolute Gasteiger partial charge is 0.169 e. The Labute approximate surface area is 118 Å². The van der Waals surface area contributed by atoms with Gasteiger partial charge in [-0.1, -0.05) is 18.2 Å². The summed E-state index contributed by atoms with van der Waals surface area (Å²) in [6, 6.07) is 12.0. The molecule has 0 fully saturated rings. The van der Waals surface area contributed by atoms with E-state index in [9.17, 15) is 4.39 Å². The number of benzene rings is 2. The van der Waals surface area contributed by atoms with E-state index >= 15 is 0 Å². The van der Waals surface area contributed by atoms with Gasteiger partial charge in [-0.15, -0.1) is 0 Å². The lowest BCUT2D eigenvalue weighted by Gasteiger charge is -2.12. The van der Waals surface area contributed by atoms with Gasteiger partial charge in [0.25, 0.3) is 0 Å². The van der Waals surface area contributed by atoms with E-state index in [0.717, 1.165) is 5.56 Å². The second-order valence-corrected chi connectivity index (χ2v) is 4.70. The quantitative estimate of drug-likeness (QED) is 0.908. The maximum absolute atomic E-state index is 14.0. The zero-order valence-corrected chi connectivity index (χ0v) is 11.6. The molecule has 20 heavy (non-hydrogen) atoms. The molecule has 0 saturated carbocycles. The van der Waals surface area contributed by atoms with Crippen molar-refractivity contribution in [1.29, 1.82) is 0 Å². The van der Waals surface area contributed by atoms with Gasteiger partial charge in [0, 0.05) is 6.04 Å². The van der Waals surface area contributed by atoms with Crippen LogP contribution in [0.15, 0.2) is 42.5 Å². The van der Waals surface area contributed by atoms with Crippen molar-refractivity contribution in [3.8, 4) is 17.2 Å². The average Bonchev–Trinajstić information content (AvgIpc) is 2.42. The molecule has 0 saturated heterocycles. The number of methoxy groups -OCH3 is 1. The molecule has 2 aromatic carbocycles. The first-order valence-corrected chi connectivity index (χ1v) is 6.45. The monoisotopic (exact) mass is 275 g/mol. The Hall–Kier alpha value is -2.07. The van der Waals surface area contributed by atoms with Gasteiger partial charge < -0.3 is 15.2 Å². The van der Waals surface area contributed by atoms with Crippen LogP contribution in [0.3, 0.4) is 0 Å². The fourth-order valence-corrected chi connectivity index (χ4v) is 1.95. The minimum atomic E-state index is -0.408. The first-order chi connectivity index (χ1) is 9.60. The third-order valence-corrected chi connectivity index (χ3v) is 2.84. The van der Waals surface area contributed by atoms with E-state index in [-0.39, 0.29) is 11.8 Å². The fraction of sp³-hybridized carbons (Fsp3) is 0.250. The lowest BCUT2D eigenvalue weighted by molar-refractivity contribution is 0.371. The Morgan fingerprint density at radius 2 is 1.80 bits per heavy atom. The summed E-state index contributed by atoms with van der Waals surface area (Å²) in [6.07, 6.45) is 0.631. The van der Waals surface area contributed by atoms with E-state index in [4.69, 9.17) is 15.2 Å². The standard InChI is InChI=1S/C16H18FNO2/c1-11(18)9-12-7-8-14(13(17)10-12)20-16-6-4-3-5-15(16)19-2/h3-8,10-11H,9,18H2,1-2H3. The van der Waals surface area contributed by atoms with Crippen LogP contribution in [0.1, 0.15) is 12.5 Å². The molecule has 0 aliphatic heterocycles. The molecule has 1 unspecified atom stereocenters. The van der Waals surface area contributed by atoms with Gasteiger partial charge in [0.15, 0.2) is 23.1 Å². The number of nitrogens with two attached hydrogens (primary N) is 1. The molecule has 0 bridgehead atoms. The summed E-state index contributed by atoms with van der Waals surface area (Å²) in [5.41, 5.74) is 6.56. The van der Waals surface area contributed by atoms with Crippen LogP contribution in [0.25, 0.3) is 0 Å². The average molecular weight is 275 g/mol. The number of hydrogen-bond donors (Lipinski definition) is 1. The lowest BCUT2D eigenvalue weighted by atomic mass is 10.1. The van der Waals surface area contributed by atoms with Gasteiger partial charge in [-0.25, -0.2) is 4.39 Å². The Morgan fingerprint density at radius 1 is 1.10 bits per heavy atom. The molecule has 0 radical (unpaired) electrons. The van der Waals surface area contributed by atoms with E-state index < -0.39 is 5.82 Å². The Morgan fingerprint density at radius 3 is 2.40 bits per heavy atom. The molecule has 2 aromatic rings. The van der Waals surface area contributed by atoms with Crippen LogP contribution in [-0.4, -0.2) is 13.2 Å². The van der Waals surface area contributed by atoms with Crippen molar-refractivity contribution < 1.29 is 13.9 Å². The first-order valence-electron chi connectivity index (χ1n) is 6.45. The number of ether oxygens (including phenoxy) is 2. The molecule has 4 heteroatoms. The van der Waals surface area contributed by atoms with Gasteiger partial charge in [0.1, 0.15) is 0 Å². The highest BCUT2D eigenvalue weighted by atomic mass is 19.1. The molecule has 106 valence electrons. The predicted octanol–water partition coefficient (Wildman–Crippen LogP) is 3.52. The minimum absolute atomic E-state index is 0.00427. The number of rotatable bonds is 5. The molecule has 1 atom stereocenters. The SMILES string of the molecule is COc1ccccc1Oc1ccc(CC(C)N)cc1F. The summed E-state index contributed by atoms with van der Waals surface area (Å²) in [7, 11) is 1.55. The molecule has 0 heterocycles. The van der Waals surface area contributed by atoms with Crippen LogP contribution < -0.4 is 15.2 Å². The maximum Gasteiger partial charge on any atom is 0.169 e. The van der Waals surface area contributed by atoms with E-state index in [1.54, 1.807) is 31.4 Å². The normalized spacial score (nSPS) is 12.0. The van der Waals surface area contributed by atoms with E-state index in [2.05, 4.69) is 0 Å². The van der Waals surface area contributed by atoms with Crippen molar-refractivity contribution in [1.82, 2.24) is 0 Å². The molecule has 3 nitrogen and oxygen atoms in total. The van der Waals surface area contributed by atoms with Crippen LogP contribution in [0.4, 0.5) is 4.39 Å². The maximum atomic E-state index is 14.0. The molecule has 2 N–H and O–H groups in total. The Balaban J connectivity index is 2.21. The minimum Gasteiger partial charge on any atom is -0.493 e. The molecule has 0 aliphatic rings. The topological polar surface area (TPSA) is 44.5 Å². The van der Waals surface area contributed by atoms with Crippen LogP contribution in [0.2, 0.25) is 0 Å². The van der Waals surface area contributed by atoms with E-state index in [0.29, 0.717) is 17.9 Å². The number of hydrogen-bond acceptors (Lipinski definition) is 3. The van der Waals surface area contributed by atoms with Crippen molar-refractivity contribution in [2.45, 2.75) is 19.4 Å². The van der Waals surface area contributed by atoms with Crippen molar-refractivity contribution in [3.05, 3.63) is 53.8 Å². The summed E-state index contributed by atoms with van der Waals surface area (Å²) in [4.78, 5) is 0. The molecule has 0 aliphatic carbocycles. The summed E-state index contributed by atoms with van der Waals surface area (Å²) in [6.45, 7) is 1.89. The van der Waals surface area contributed by atoms with Crippen LogP contribution >= 0.6 is 0 Å². The lowest BCUT2D eigenvalue weighted by Crippen LogP contribution is -2.17. The van der Waals surface area contributed by atoms with Crippen molar-refractivity contribution >= 4 is 0 Å². The largest absolute Gasteiger partial charge is 0.493 e. The predicted molar refractivity (Wildman–Crippen MR) is 76.8 cm³/mol. The highest BCUT2D eigenvalue weighted by Gasteiger charge is 2.10. The van der Waals surface area contributed by atoms with Gasteiger partial charge in [-0.3, -0.25) is 0 Å². The van der Waals surface area contributed by atoms with Crippen LogP contribution in [0.5, 0.6) is 17.2 Å². The van der Waals surface area contributed by atoms with Crippen molar-refractivity contribution in [2.75, 3.05) is 7.11 Å². The second-order valence-electron chi connectivity index (χ2n) is 4.70. The fourth-order valence-electron chi connectivity index (χ4n) is 1.95. The number of halogens is 1. The highest BCUT2D eigenvalue weighted by Crippen LogP contribution is 2.32. The third kappa shape index (κ3) is 3.48. The Bertz CT molecular complexity index is 584. The van der Waals surface area contributed by atoms with Gasteiger partial charge in [-0.2, -0.15) is 0 Å².